The Morgan fingerprint density at radius 1 is 1.16 bits per heavy atom. The van der Waals surface area contributed by atoms with Crippen molar-refractivity contribution in [2.45, 2.75) is 17.4 Å². The number of amides is 1. The SMILES string of the molecule is O=C(CSc1ccc(F)cc1)N1CCc2sccc2C1c1cccs1. The maximum atomic E-state index is 13.0. The van der Waals surface area contributed by atoms with Gasteiger partial charge in [0.05, 0.1) is 11.8 Å². The first-order valence-corrected chi connectivity index (χ1v) is 10.7. The molecular formula is C19H16FNOS3. The van der Waals surface area contributed by atoms with Gasteiger partial charge in [-0.3, -0.25) is 4.79 Å². The summed E-state index contributed by atoms with van der Waals surface area (Å²) >= 11 is 4.94. The summed E-state index contributed by atoms with van der Waals surface area (Å²) in [6, 6.07) is 12.6. The Kier molecular flexibility index (Phi) is 4.92. The maximum Gasteiger partial charge on any atom is 0.233 e. The van der Waals surface area contributed by atoms with Gasteiger partial charge in [-0.2, -0.15) is 0 Å². The lowest BCUT2D eigenvalue weighted by Crippen LogP contribution is -2.40. The molecule has 3 aromatic rings. The van der Waals surface area contributed by atoms with Crippen LogP contribution in [0.15, 0.2) is 58.1 Å². The standard InChI is InChI=1S/C19H16FNOS3/c20-13-3-5-14(6-4-13)25-12-18(22)21-9-7-16-15(8-11-24-16)19(21)17-2-1-10-23-17/h1-6,8,10-11,19H,7,9,12H2. The monoisotopic (exact) mass is 389 g/mol. The normalized spacial score (nSPS) is 16.7. The minimum absolute atomic E-state index is 0.0244. The highest BCUT2D eigenvalue weighted by atomic mass is 32.2. The quantitative estimate of drug-likeness (QED) is 0.571. The first-order valence-electron chi connectivity index (χ1n) is 8.00. The van der Waals surface area contributed by atoms with Crippen molar-refractivity contribution in [3.8, 4) is 0 Å². The van der Waals surface area contributed by atoms with E-state index in [4.69, 9.17) is 0 Å². The van der Waals surface area contributed by atoms with E-state index in [0.29, 0.717) is 5.75 Å². The first kappa shape index (κ1) is 16.8. The van der Waals surface area contributed by atoms with Crippen LogP contribution in [0.4, 0.5) is 4.39 Å². The summed E-state index contributed by atoms with van der Waals surface area (Å²) in [5, 5.41) is 4.18. The Morgan fingerprint density at radius 2 is 2.00 bits per heavy atom. The number of carbonyl (C=O) groups is 1. The molecule has 1 unspecified atom stereocenters. The molecule has 1 atom stereocenters. The van der Waals surface area contributed by atoms with E-state index in [1.807, 2.05) is 11.0 Å². The molecule has 0 N–H and O–H groups in total. The molecule has 128 valence electrons. The highest BCUT2D eigenvalue weighted by molar-refractivity contribution is 8.00. The molecule has 1 aliphatic heterocycles. The van der Waals surface area contributed by atoms with Gasteiger partial charge in [0.1, 0.15) is 5.82 Å². The molecule has 2 nitrogen and oxygen atoms in total. The van der Waals surface area contributed by atoms with Crippen molar-refractivity contribution in [2.24, 2.45) is 0 Å². The van der Waals surface area contributed by atoms with Gasteiger partial charge in [-0.25, -0.2) is 4.39 Å². The lowest BCUT2D eigenvalue weighted by atomic mass is 9.98. The summed E-state index contributed by atoms with van der Waals surface area (Å²) in [7, 11) is 0. The van der Waals surface area contributed by atoms with Crippen LogP contribution in [0.5, 0.6) is 0 Å². The molecule has 0 fully saturated rings. The van der Waals surface area contributed by atoms with Gasteiger partial charge < -0.3 is 4.90 Å². The third-order valence-corrected chi connectivity index (χ3v) is 7.19. The molecule has 2 aromatic heterocycles. The summed E-state index contributed by atoms with van der Waals surface area (Å²) in [6.45, 7) is 0.749. The number of hydrogen-bond donors (Lipinski definition) is 0. The van der Waals surface area contributed by atoms with E-state index in [2.05, 4.69) is 22.9 Å². The molecule has 1 amide bonds. The van der Waals surface area contributed by atoms with Gasteiger partial charge in [-0.05, 0) is 59.1 Å². The zero-order valence-corrected chi connectivity index (χ0v) is 15.8. The van der Waals surface area contributed by atoms with Crippen LogP contribution in [0.3, 0.4) is 0 Å². The van der Waals surface area contributed by atoms with Gasteiger partial charge >= 0.3 is 0 Å². The predicted octanol–water partition coefficient (Wildman–Crippen LogP) is 5.22. The van der Waals surface area contributed by atoms with E-state index in [-0.39, 0.29) is 17.8 Å². The molecule has 3 heterocycles. The number of fused-ring (bicyclic) bond motifs is 1. The van der Waals surface area contributed by atoms with E-state index in [9.17, 15) is 9.18 Å². The second-order valence-corrected chi connectivity index (χ2v) is 8.83. The van der Waals surface area contributed by atoms with Crippen LogP contribution in [0.1, 0.15) is 21.4 Å². The number of benzene rings is 1. The summed E-state index contributed by atoms with van der Waals surface area (Å²) < 4.78 is 13.0. The van der Waals surface area contributed by atoms with Gasteiger partial charge in [0.25, 0.3) is 0 Å². The Labute approximate surface area is 158 Å². The molecule has 0 bridgehead atoms. The zero-order valence-electron chi connectivity index (χ0n) is 13.4. The van der Waals surface area contributed by atoms with Crippen LogP contribution in [0.2, 0.25) is 0 Å². The van der Waals surface area contributed by atoms with Crippen molar-refractivity contribution in [3.05, 3.63) is 74.4 Å². The van der Waals surface area contributed by atoms with Crippen molar-refractivity contribution in [1.82, 2.24) is 4.90 Å². The molecular weight excluding hydrogens is 373 g/mol. The molecule has 6 heteroatoms. The number of hydrogen-bond acceptors (Lipinski definition) is 4. The second kappa shape index (κ2) is 7.32. The highest BCUT2D eigenvalue weighted by Gasteiger charge is 2.33. The molecule has 25 heavy (non-hydrogen) atoms. The van der Waals surface area contributed by atoms with E-state index in [1.54, 1.807) is 34.8 Å². The van der Waals surface area contributed by atoms with Crippen LogP contribution in [0.25, 0.3) is 0 Å². The Hall–Kier alpha value is -1.63. The number of rotatable bonds is 4. The van der Waals surface area contributed by atoms with Crippen molar-refractivity contribution < 1.29 is 9.18 Å². The molecule has 4 rings (SSSR count). The predicted molar refractivity (Wildman–Crippen MR) is 103 cm³/mol. The number of thioether (sulfide) groups is 1. The van der Waals surface area contributed by atoms with Crippen molar-refractivity contribution in [3.63, 3.8) is 0 Å². The van der Waals surface area contributed by atoms with E-state index in [0.717, 1.165) is 17.9 Å². The fourth-order valence-electron chi connectivity index (χ4n) is 3.10. The smallest absolute Gasteiger partial charge is 0.233 e. The topological polar surface area (TPSA) is 20.3 Å². The highest BCUT2D eigenvalue weighted by Crippen LogP contribution is 2.39. The minimum Gasteiger partial charge on any atom is -0.330 e. The number of halogens is 1. The maximum absolute atomic E-state index is 13.0. The summed E-state index contributed by atoms with van der Waals surface area (Å²) in [5.41, 5.74) is 1.26. The number of carbonyl (C=O) groups excluding carboxylic acids is 1. The second-order valence-electron chi connectivity index (χ2n) is 5.80. The third kappa shape index (κ3) is 3.52. The van der Waals surface area contributed by atoms with Crippen LogP contribution >= 0.6 is 34.4 Å². The molecule has 0 spiro atoms. The number of nitrogens with zero attached hydrogens (tertiary/aromatic N) is 1. The lowest BCUT2D eigenvalue weighted by Gasteiger charge is -2.35. The van der Waals surface area contributed by atoms with Crippen LogP contribution in [-0.2, 0) is 11.2 Å². The first-order chi connectivity index (χ1) is 12.2. The zero-order chi connectivity index (χ0) is 17.2. The fourth-order valence-corrected chi connectivity index (χ4v) is 5.64. The van der Waals surface area contributed by atoms with Gasteiger partial charge in [-0.1, -0.05) is 6.07 Å². The van der Waals surface area contributed by atoms with E-state index < -0.39 is 0 Å². The molecule has 1 aliphatic rings. The minimum atomic E-state index is -0.255. The van der Waals surface area contributed by atoms with Crippen LogP contribution in [0, 0.1) is 5.82 Å². The Bertz CT molecular complexity index is 857. The van der Waals surface area contributed by atoms with Gasteiger partial charge in [0, 0.05) is 21.2 Å². The van der Waals surface area contributed by atoms with Gasteiger partial charge in [0.15, 0.2) is 0 Å². The van der Waals surface area contributed by atoms with Crippen molar-refractivity contribution in [1.29, 1.82) is 0 Å². The summed E-state index contributed by atoms with van der Waals surface area (Å²) in [4.78, 5) is 18.4. The average Bonchev–Trinajstić information content (AvgIpc) is 3.31. The summed E-state index contributed by atoms with van der Waals surface area (Å²) in [6.07, 6.45) is 0.918. The number of thiophene rings is 2. The molecule has 0 saturated heterocycles. The third-order valence-electron chi connectivity index (χ3n) is 4.27. The fraction of sp³-hybridized carbons (Fsp3) is 0.211. The molecule has 0 radical (unpaired) electrons. The van der Waals surface area contributed by atoms with Crippen molar-refractivity contribution in [2.75, 3.05) is 12.3 Å². The van der Waals surface area contributed by atoms with Crippen molar-refractivity contribution >= 4 is 40.3 Å². The van der Waals surface area contributed by atoms with E-state index in [1.165, 1.54) is 39.2 Å². The van der Waals surface area contributed by atoms with Gasteiger partial charge in [0.2, 0.25) is 5.91 Å². The Balaban J connectivity index is 1.53. The van der Waals surface area contributed by atoms with E-state index >= 15 is 0 Å². The van der Waals surface area contributed by atoms with Gasteiger partial charge in [-0.15, -0.1) is 34.4 Å². The molecule has 1 aromatic carbocycles. The molecule has 0 saturated carbocycles. The Morgan fingerprint density at radius 3 is 2.76 bits per heavy atom. The van der Waals surface area contributed by atoms with Crippen LogP contribution in [-0.4, -0.2) is 23.1 Å². The van der Waals surface area contributed by atoms with Crippen LogP contribution < -0.4 is 0 Å². The summed E-state index contributed by atoms with van der Waals surface area (Å²) in [5.74, 6) is 0.242. The molecule has 0 aliphatic carbocycles. The lowest BCUT2D eigenvalue weighted by molar-refractivity contribution is -0.130. The largest absolute Gasteiger partial charge is 0.330 e. The average molecular weight is 390 g/mol.